The molecule has 0 aliphatic rings. The molecular weight excluding hydrogens is 242 g/mol. The zero-order valence-corrected chi connectivity index (χ0v) is 10.1. The second-order valence-corrected chi connectivity index (χ2v) is 3.90. The Bertz CT molecular complexity index is 457. The minimum absolute atomic E-state index is 0.0259. The van der Waals surface area contributed by atoms with Crippen LogP contribution in [0.1, 0.15) is 12.5 Å². The summed E-state index contributed by atoms with van der Waals surface area (Å²) in [6.45, 7) is 3.49. The summed E-state index contributed by atoms with van der Waals surface area (Å²) in [5.41, 5.74) is 0.761. The number of nitro groups is 1. The van der Waals surface area contributed by atoms with E-state index in [0.717, 1.165) is 12.1 Å². The van der Waals surface area contributed by atoms with Crippen LogP contribution in [-0.2, 0) is 6.54 Å². The van der Waals surface area contributed by atoms with Crippen LogP contribution in [0.3, 0.4) is 0 Å². The normalized spacial score (nSPS) is 10.2. The van der Waals surface area contributed by atoms with Gasteiger partial charge in [-0.15, -0.1) is 0 Å². The van der Waals surface area contributed by atoms with Gasteiger partial charge in [-0.25, -0.2) is 0 Å². The third-order valence-electron chi connectivity index (χ3n) is 2.38. The SMILES string of the molecule is CCN(CC#N)Cc1ccc([N+](=O)[O-])cc1Cl. The number of nitrogens with zero attached hydrogens (tertiary/aromatic N) is 3. The number of nitriles is 1. The molecule has 0 saturated carbocycles. The van der Waals surface area contributed by atoms with E-state index in [9.17, 15) is 10.1 Å². The van der Waals surface area contributed by atoms with Crippen molar-refractivity contribution in [1.82, 2.24) is 4.90 Å². The van der Waals surface area contributed by atoms with Crippen LogP contribution in [0, 0.1) is 21.4 Å². The van der Waals surface area contributed by atoms with Crippen LogP contribution >= 0.6 is 11.6 Å². The van der Waals surface area contributed by atoms with E-state index in [1.807, 2.05) is 11.8 Å². The zero-order chi connectivity index (χ0) is 12.8. The van der Waals surface area contributed by atoms with E-state index in [4.69, 9.17) is 16.9 Å². The summed E-state index contributed by atoms with van der Waals surface area (Å²) < 4.78 is 0. The van der Waals surface area contributed by atoms with Gasteiger partial charge in [-0.05, 0) is 18.2 Å². The van der Waals surface area contributed by atoms with Crippen molar-refractivity contribution in [2.45, 2.75) is 13.5 Å². The molecule has 17 heavy (non-hydrogen) atoms. The standard InChI is InChI=1S/C11H12ClN3O2/c1-2-14(6-5-13)8-9-3-4-10(15(16)17)7-11(9)12/h3-4,7H,2,6,8H2,1H3. The molecule has 0 saturated heterocycles. The predicted octanol–water partition coefficient (Wildman–Crippen LogP) is 2.59. The molecule has 0 N–H and O–H groups in total. The summed E-state index contributed by atoms with van der Waals surface area (Å²) in [6.07, 6.45) is 0. The smallest absolute Gasteiger partial charge is 0.270 e. The number of hydrogen-bond acceptors (Lipinski definition) is 4. The average Bonchev–Trinajstić information content (AvgIpc) is 2.30. The Balaban J connectivity index is 2.85. The van der Waals surface area contributed by atoms with E-state index in [-0.39, 0.29) is 5.69 Å². The molecule has 5 nitrogen and oxygen atoms in total. The first kappa shape index (κ1) is 13.4. The van der Waals surface area contributed by atoms with Crippen molar-refractivity contribution in [3.8, 4) is 6.07 Å². The number of halogens is 1. The summed E-state index contributed by atoms with van der Waals surface area (Å²) in [5, 5.41) is 19.5. The van der Waals surface area contributed by atoms with Crippen molar-refractivity contribution in [1.29, 1.82) is 5.26 Å². The average molecular weight is 254 g/mol. The van der Waals surface area contributed by atoms with E-state index >= 15 is 0 Å². The molecule has 0 amide bonds. The molecule has 0 unspecified atom stereocenters. The molecule has 1 aromatic rings. The molecule has 1 rings (SSSR count). The molecule has 0 spiro atoms. The van der Waals surface area contributed by atoms with Gasteiger partial charge in [0.25, 0.3) is 5.69 Å². The maximum Gasteiger partial charge on any atom is 0.270 e. The molecule has 0 aliphatic carbocycles. The number of nitro benzene ring substituents is 1. The Morgan fingerprint density at radius 3 is 2.76 bits per heavy atom. The molecule has 1 aromatic carbocycles. The lowest BCUT2D eigenvalue weighted by Crippen LogP contribution is -2.23. The Hall–Kier alpha value is -1.64. The van der Waals surface area contributed by atoms with Gasteiger partial charge in [0.2, 0.25) is 0 Å². The Labute approximate surface area is 104 Å². The molecule has 0 fully saturated rings. The fourth-order valence-corrected chi connectivity index (χ4v) is 1.63. The van der Waals surface area contributed by atoms with Gasteiger partial charge >= 0.3 is 0 Å². The van der Waals surface area contributed by atoms with Gasteiger partial charge in [0.1, 0.15) is 0 Å². The van der Waals surface area contributed by atoms with Crippen LogP contribution in [0.4, 0.5) is 5.69 Å². The number of rotatable bonds is 5. The summed E-state index contributed by atoms with van der Waals surface area (Å²) in [6, 6.07) is 6.44. The van der Waals surface area contributed by atoms with Gasteiger partial charge in [0.05, 0.1) is 22.6 Å². The summed E-state index contributed by atoms with van der Waals surface area (Å²) in [7, 11) is 0. The van der Waals surface area contributed by atoms with Crippen molar-refractivity contribution < 1.29 is 4.92 Å². The Kier molecular flexibility index (Phi) is 4.88. The quantitative estimate of drug-likeness (QED) is 0.459. The van der Waals surface area contributed by atoms with E-state index in [2.05, 4.69) is 6.07 Å². The third-order valence-corrected chi connectivity index (χ3v) is 2.73. The highest BCUT2D eigenvalue weighted by Gasteiger charge is 2.11. The van der Waals surface area contributed by atoms with Crippen molar-refractivity contribution in [3.05, 3.63) is 38.9 Å². The molecule has 0 heterocycles. The first-order valence-electron chi connectivity index (χ1n) is 5.10. The van der Waals surface area contributed by atoms with E-state index in [1.165, 1.54) is 12.1 Å². The molecule has 0 radical (unpaired) electrons. The van der Waals surface area contributed by atoms with Crippen molar-refractivity contribution in [3.63, 3.8) is 0 Å². The summed E-state index contributed by atoms with van der Waals surface area (Å²) >= 11 is 5.96. The maximum atomic E-state index is 10.5. The highest BCUT2D eigenvalue weighted by molar-refractivity contribution is 6.31. The fourth-order valence-electron chi connectivity index (χ4n) is 1.40. The van der Waals surface area contributed by atoms with Gasteiger partial charge in [0, 0.05) is 18.7 Å². The van der Waals surface area contributed by atoms with Crippen LogP contribution in [0.15, 0.2) is 18.2 Å². The molecule has 90 valence electrons. The highest BCUT2D eigenvalue weighted by atomic mass is 35.5. The van der Waals surface area contributed by atoms with Crippen LogP contribution in [-0.4, -0.2) is 22.9 Å². The van der Waals surface area contributed by atoms with Crippen LogP contribution in [0.2, 0.25) is 5.02 Å². The highest BCUT2D eigenvalue weighted by Crippen LogP contribution is 2.23. The van der Waals surface area contributed by atoms with Crippen LogP contribution < -0.4 is 0 Å². The fraction of sp³-hybridized carbons (Fsp3) is 0.364. The van der Waals surface area contributed by atoms with Crippen molar-refractivity contribution in [2.75, 3.05) is 13.1 Å². The lowest BCUT2D eigenvalue weighted by molar-refractivity contribution is -0.384. The summed E-state index contributed by atoms with van der Waals surface area (Å²) in [4.78, 5) is 12.0. The first-order chi connectivity index (χ1) is 8.08. The monoisotopic (exact) mass is 253 g/mol. The molecule has 0 bridgehead atoms. The lowest BCUT2D eigenvalue weighted by Gasteiger charge is -2.17. The number of non-ortho nitro benzene ring substituents is 1. The minimum atomic E-state index is -0.484. The Morgan fingerprint density at radius 1 is 1.59 bits per heavy atom. The van der Waals surface area contributed by atoms with Gasteiger partial charge in [0.15, 0.2) is 0 Å². The van der Waals surface area contributed by atoms with Gasteiger partial charge in [-0.2, -0.15) is 5.26 Å². The van der Waals surface area contributed by atoms with Crippen molar-refractivity contribution in [2.24, 2.45) is 0 Å². The van der Waals surface area contributed by atoms with E-state index in [1.54, 1.807) is 6.07 Å². The molecule has 6 heteroatoms. The second kappa shape index (κ2) is 6.18. The zero-order valence-electron chi connectivity index (χ0n) is 9.39. The van der Waals surface area contributed by atoms with Gasteiger partial charge in [-0.1, -0.05) is 18.5 Å². The number of hydrogen-bond donors (Lipinski definition) is 0. The maximum absolute atomic E-state index is 10.5. The van der Waals surface area contributed by atoms with Gasteiger partial charge in [-0.3, -0.25) is 15.0 Å². The largest absolute Gasteiger partial charge is 0.286 e. The molecule has 0 aromatic heterocycles. The number of benzene rings is 1. The van der Waals surface area contributed by atoms with E-state index in [0.29, 0.717) is 18.1 Å². The molecule has 0 aliphatic heterocycles. The Morgan fingerprint density at radius 2 is 2.29 bits per heavy atom. The lowest BCUT2D eigenvalue weighted by atomic mass is 10.2. The molecular formula is C11H12ClN3O2. The van der Waals surface area contributed by atoms with Gasteiger partial charge < -0.3 is 0 Å². The third kappa shape index (κ3) is 3.70. The topological polar surface area (TPSA) is 70.2 Å². The van der Waals surface area contributed by atoms with Crippen LogP contribution in [0.5, 0.6) is 0 Å². The predicted molar refractivity (Wildman–Crippen MR) is 64.7 cm³/mol. The second-order valence-electron chi connectivity index (χ2n) is 3.49. The van der Waals surface area contributed by atoms with Crippen molar-refractivity contribution >= 4 is 17.3 Å². The molecule has 0 atom stereocenters. The van der Waals surface area contributed by atoms with Crippen LogP contribution in [0.25, 0.3) is 0 Å². The van der Waals surface area contributed by atoms with E-state index < -0.39 is 4.92 Å². The summed E-state index contributed by atoms with van der Waals surface area (Å²) in [5.74, 6) is 0. The minimum Gasteiger partial charge on any atom is -0.286 e. The first-order valence-corrected chi connectivity index (χ1v) is 5.48.